The second-order valence-electron chi connectivity index (χ2n) is 4.68. The number of nitrogens with one attached hydrogen (secondary N) is 1. The van der Waals surface area contributed by atoms with E-state index >= 15 is 0 Å². The van der Waals surface area contributed by atoms with Crippen LogP contribution in [0.15, 0.2) is 36.5 Å². The van der Waals surface area contributed by atoms with Gasteiger partial charge < -0.3 is 5.32 Å². The predicted molar refractivity (Wildman–Crippen MR) is 70.5 cm³/mol. The molecule has 2 rings (SSSR count). The number of nitrogens with zero attached hydrogens (tertiary/aromatic N) is 1. The first kappa shape index (κ1) is 14.5. The smallest absolute Gasteiger partial charge is 0.141 e. The molecular weight excluding hydrogens is 265 g/mol. The molecule has 1 heterocycles. The van der Waals surface area contributed by atoms with E-state index in [1.165, 1.54) is 6.07 Å². The minimum Gasteiger partial charge on any atom is -0.302 e. The largest absolute Gasteiger partial charge is 0.302 e. The Morgan fingerprint density at radius 3 is 2.30 bits per heavy atom. The van der Waals surface area contributed by atoms with Crippen molar-refractivity contribution in [3.05, 3.63) is 65.2 Å². The first-order valence-corrected chi connectivity index (χ1v) is 6.30. The molecule has 2 nitrogen and oxygen atoms in total. The zero-order valence-corrected chi connectivity index (χ0v) is 11.2. The van der Waals surface area contributed by atoms with Crippen molar-refractivity contribution in [2.24, 2.45) is 0 Å². The van der Waals surface area contributed by atoms with Gasteiger partial charge in [0.2, 0.25) is 0 Å². The van der Waals surface area contributed by atoms with E-state index in [-0.39, 0.29) is 11.6 Å². The summed E-state index contributed by atoms with van der Waals surface area (Å²) in [5.74, 6) is -1.36. The van der Waals surface area contributed by atoms with E-state index in [1.54, 1.807) is 13.0 Å². The number of benzene rings is 1. The highest BCUT2D eigenvalue weighted by Gasteiger charge is 2.16. The van der Waals surface area contributed by atoms with Gasteiger partial charge in [0.1, 0.15) is 17.5 Å². The Hall–Kier alpha value is -1.88. The van der Waals surface area contributed by atoms with Gasteiger partial charge in [0.15, 0.2) is 0 Å². The highest BCUT2D eigenvalue weighted by Crippen LogP contribution is 2.21. The van der Waals surface area contributed by atoms with Crippen molar-refractivity contribution in [3.8, 4) is 0 Å². The van der Waals surface area contributed by atoms with Gasteiger partial charge in [-0.15, -0.1) is 0 Å². The van der Waals surface area contributed by atoms with Crippen LogP contribution in [0.25, 0.3) is 0 Å². The maximum Gasteiger partial charge on any atom is 0.141 e. The Kier molecular flexibility index (Phi) is 4.39. The van der Waals surface area contributed by atoms with Gasteiger partial charge in [0, 0.05) is 17.6 Å². The third-order valence-corrected chi connectivity index (χ3v) is 3.12. The summed E-state index contributed by atoms with van der Waals surface area (Å²) >= 11 is 0. The van der Waals surface area contributed by atoms with Crippen molar-refractivity contribution in [2.45, 2.75) is 25.9 Å². The Morgan fingerprint density at radius 2 is 1.65 bits per heavy atom. The van der Waals surface area contributed by atoms with Crippen LogP contribution in [0, 0.1) is 17.5 Å². The third kappa shape index (κ3) is 3.36. The fraction of sp³-hybridized carbons (Fsp3) is 0.267. The summed E-state index contributed by atoms with van der Waals surface area (Å²) in [7, 11) is 0. The van der Waals surface area contributed by atoms with Gasteiger partial charge in [-0.3, -0.25) is 4.98 Å². The van der Waals surface area contributed by atoms with E-state index in [2.05, 4.69) is 10.3 Å². The van der Waals surface area contributed by atoms with Gasteiger partial charge in [-0.05, 0) is 44.2 Å². The molecule has 0 aliphatic rings. The van der Waals surface area contributed by atoms with E-state index in [9.17, 15) is 13.2 Å². The summed E-state index contributed by atoms with van der Waals surface area (Å²) in [6.45, 7) is 3.56. The standard InChI is InChI=1S/C15H15F3N2/c1-9(13-7-11(16)3-5-14(13)18)20-10(2)15-6-4-12(17)8-19-15/h3-10,20H,1-2H3. The van der Waals surface area contributed by atoms with Crippen LogP contribution < -0.4 is 5.32 Å². The molecule has 1 aromatic heterocycles. The molecule has 20 heavy (non-hydrogen) atoms. The molecule has 1 aromatic carbocycles. The summed E-state index contributed by atoms with van der Waals surface area (Å²) in [6.07, 6.45) is 1.13. The zero-order chi connectivity index (χ0) is 14.7. The highest BCUT2D eigenvalue weighted by molar-refractivity contribution is 5.22. The van der Waals surface area contributed by atoms with Crippen molar-refractivity contribution in [1.29, 1.82) is 0 Å². The minimum atomic E-state index is -0.484. The molecule has 0 amide bonds. The van der Waals surface area contributed by atoms with Gasteiger partial charge in [0.25, 0.3) is 0 Å². The Bertz CT molecular complexity index is 584. The third-order valence-electron chi connectivity index (χ3n) is 3.12. The highest BCUT2D eigenvalue weighted by atomic mass is 19.1. The Balaban J connectivity index is 2.12. The van der Waals surface area contributed by atoms with Crippen LogP contribution >= 0.6 is 0 Å². The molecule has 2 atom stereocenters. The second-order valence-corrected chi connectivity index (χ2v) is 4.68. The Morgan fingerprint density at radius 1 is 0.950 bits per heavy atom. The SMILES string of the molecule is CC(NC(C)c1cc(F)ccc1F)c1ccc(F)cn1. The second kappa shape index (κ2) is 6.05. The van der Waals surface area contributed by atoms with E-state index in [1.807, 2.05) is 6.92 Å². The zero-order valence-electron chi connectivity index (χ0n) is 11.2. The molecule has 0 saturated heterocycles. The van der Waals surface area contributed by atoms with Crippen molar-refractivity contribution in [1.82, 2.24) is 10.3 Å². The lowest BCUT2D eigenvalue weighted by Crippen LogP contribution is -2.24. The van der Waals surface area contributed by atoms with Gasteiger partial charge in [-0.1, -0.05) is 0 Å². The van der Waals surface area contributed by atoms with Crippen LogP contribution in [0.4, 0.5) is 13.2 Å². The van der Waals surface area contributed by atoms with Gasteiger partial charge in [0.05, 0.1) is 11.9 Å². The van der Waals surface area contributed by atoms with E-state index in [0.717, 1.165) is 24.4 Å². The number of aromatic nitrogens is 1. The van der Waals surface area contributed by atoms with Crippen LogP contribution in [0.2, 0.25) is 0 Å². The number of hydrogen-bond acceptors (Lipinski definition) is 2. The maximum atomic E-state index is 13.7. The molecule has 106 valence electrons. The molecule has 0 aliphatic heterocycles. The van der Waals surface area contributed by atoms with Gasteiger partial charge in [-0.25, -0.2) is 13.2 Å². The van der Waals surface area contributed by atoms with Gasteiger partial charge in [-0.2, -0.15) is 0 Å². The normalized spacial score (nSPS) is 14.1. The first-order valence-electron chi connectivity index (χ1n) is 6.30. The molecule has 1 N–H and O–H groups in total. The molecule has 0 fully saturated rings. The average molecular weight is 280 g/mol. The van der Waals surface area contributed by atoms with E-state index in [0.29, 0.717) is 5.69 Å². The van der Waals surface area contributed by atoms with Crippen LogP contribution in [0.5, 0.6) is 0 Å². The van der Waals surface area contributed by atoms with Gasteiger partial charge >= 0.3 is 0 Å². The summed E-state index contributed by atoms with van der Waals surface area (Å²) in [5.41, 5.74) is 0.883. The van der Waals surface area contributed by atoms with Crippen molar-refractivity contribution in [2.75, 3.05) is 0 Å². The Labute approximate surface area is 115 Å². The van der Waals surface area contributed by atoms with Crippen LogP contribution in [-0.2, 0) is 0 Å². The fourth-order valence-electron chi connectivity index (χ4n) is 2.04. The predicted octanol–water partition coefficient (Wildman–Crippen LogP) is 3.91. The van der Waals surface area contributed by atoms with Crippen molar-refractivity contribution in [3.63, 3.8) is 0 Å². The summed E-state index contributed by atoms with van der Waals surface area (Å²) < 4.78 is 39.6. The molecule has 5 heteroatoms. The van der Waals surface area contributed by atoms with Crippen molar-refractivity contribution >= 4 is 0 Å². The maximum absolute atomic E-state index is 13.7. The molecule has 0 aliphatic carbocycles. The summed E-state index contributed by atoms with van der Waals surface area (Å²) in [5, 5.41) is 3.11. The minimum absolute atomic E-state index is 0.215. The molecule has 0 radical (unpaired) electrons. The molecule has 2 aromatic rings. The number of hydrogen-bond donors (Lipinski definition) is 1. The fourth-order valence-corrected chi connectivity index (χ4v) is 2.04. The number of rotatable bonds is 4. The quantitative estimate of drug-likeness (QED) is 0.918. The van der Waals surface area contributed by atoms with Crippen LogP contribution in [0.1, 0.15) is 37.2 Å². The molecule has 0 spiro atoms. The summed E-state index contributed by atoms with van der Waals surface area (Å²) in [6, 6.07) is 5.61. The average Bonchev–Trinajstić information content (AvgIpc) is 2.42. The lowest BCUT2D eigenvalue weighted by Gasteiger charge is -2.20. The topological polar surface area (TPSA) is 24.9 Å². The molecule has 2 unspecified atom stereocenters. The van der Waals surface area contributed by atoms with Crippen molar-refractivity contribution < 1.29 is 13.2 Å². The van der Waals surface area contributed by atoms with Crippen LogP contribution in [0.3, 0.4) is 0 Å². The number of halogens is 3. The molecular formula is C15H15F3N2. The monoisotopic (exact) mass is 280 g/mol. The van der Waals surface area contributed by atoms with E-state index in [4.69, 9.17) is 0 Å². The molecule has 0 saturated carbocycles. The first-order chi connectivity index (χ1) is 9.47. The summed E-state index contributed by atoms with van der Waals surface area (Å²) in [4.78, 5) is 3.96. The van der Waals surface area contributed by atoms with E-state index < -0.39 is 23.5 Å². The lowest BCUT2D eigenvalue weighted by molar-refractivity contribution is 0.462. The molecule has 0 bridgehead atoms. The lowest BCUT2D eigenvalue weighted by atomic mass is 10.1. The van der Waals surface area contributed by atoms with Crippen LogP contribution in [-0.4, -0.2) is 4.98 Å². The number of pyridine rings is 1.